The highest BCUT2D eigenvalue weighted by Gasteiger charge is 2.21. The summed E-state index contributed by atoms with van der Waals surface area (Å²) in [4.78, 5) is 24.6. The number of nitrogens with zero attached hydrogens (tertiary/aromatic N) is 2. The van der Waals surface area contributed by atoms with Crippen LogP contribution in [0.2, 0.25) is 10.0 Å². The number of carbonyl (C=O) groups excluding carboxylic acids is 2. The van der Waals surface area contributed by atoms with E-state index in [0.29, 0.717) is 5.02 Å². The summed E-state index contributed by atoms with van der Waals surface area (Å²) in [5.41, 5.74) is 0.936. The molecule has 0 saturated heterocycles. The Kier molecular flexibility index (Phi) is 5.78. The van der Waals surface area contributed by atoms with Crippen molar-refractivity contribution in [2.24, 2.45) is 0 Å². The van der Waals surface area contributed by atoms with Gasteiger partial charge in [-0.3, -0.25) is 4.79 Å². The Hall–Kier alpha value is -2.83. The first-order valence-electron chi connectivity index (χ1n) is 7.84. The van der Waals surface area contributed by atoms with Crippen molar-refractivity contribution < 1.29 is 19.1 Å². The van der Waals surface area contributed by atoms with E-state index >= 15 is 0 Å². The summed E-state index contributed by atoms with van der Waals surface area (Å²) in [6.45, 7) is -0.485. The number of esters is 1. The summed E-state index contributed by atoms with van der Waals surface area (Å²) in [7, 11) is 1.42. The van der Waals surface area contributed by atoms with E-state index < -0.39 is 18.4 Å². The number of rotatable bonds is 6. The summed E-state index contributed by atoms with van der Waals surface area (Å²) >= 11 is 11.8. The second-order valence-electron chi connectivity index (χ2n) is 5.45. The van der Waals surface area contributed by atoms with Crippen molar-refractivity contribution in [3.63, 3.8) is 0 Å². The van der Waals surface area contributed by atoms with Crippen LogP contribution in [0.25, 0.3) is 5.69 Å². The van der Waals surface area contributed by atoms with Crippen LogP contribution in [0.5, 0.6) is 5.75 Å². The van der Waals surface area contributed by atoms with Crippen molar-refractivity contribution in [1.29, 1.82) is 0 Å². The standard InChI is InChI=1S/C19H14Cl2N2O4/c1-26-17-10-23(13-5-3-2-4-6-13)22-18(17)19(25)27-11-16(24)14-8-7-12(20)9-15(14)21/h2-10H,11H2,1H3. The van der Waals surface area contributed by atoms with Crippen LogP contribution in [0.1, 0.15) is 20.8 Å². The molecule has 0 saturated carbocycles. The molecule has 8 heteroatoms. The highest BCUT2D eigenvalue weighted by molar-refractivity contribution is 6.36. The Labute approximate surface area is 165 Å². The fourth-order valence-corrected chi connectivity index (χ4v) is 2.87. The first-order chi connectivity index (χ1) is 13.0. The quantitative estimate of drug-likeness (QED) is 0.454. The molecule has 138 valence electrons. The highest BCUT2D eigenvalue weighted by atomic mass is 35.5. The summed E-state index contributed by atoms with van der Waals surface area (Å²) in [6, 6.07) is 13.7. The zero-order valence-electron chi connectivity index (χ0n) is 14.2. The van der Waals surface area contributed by atoms with Gasteiger partial charge in [-0.2, -0.15) is 5.10 Å². The van der Waals surface area contributed by atoms with E-state index in [1.54, 1.807) is 6.20 Å². The smallest absolute Gasteiger partial charge is 0.363 e. The van der Waals surface area contributed by atoms with E-state index in [1.165, 1.54) is 30.0 Å². The minimum Gasteiger partial charge on any atom is -0.493 e. The highest BCUT2D eigenvalue weighted by Crippen LogP contribution is 2.23. The summed E-state index contributed by atoms with van der Waals surface area (Å²) in [6.07, 6.45) is 1.56. The van der Waals surface area contributed by atoms with Gasteiger partial charge >= 0.3 is 5.97 Å². The van der Waals surface area contributed by atoms with E-state index in [1.807, 2.05) is 30.3 Å². The van der Waals surface area contributed by atoms with Gasteiger partial charge in [-0.05, 0) is 30.3 Å². The third-order valence-electron chi connectivity index (χ3n) is 3.68. The second-order valence-corrected chi connectivity index (χ2v) is 6.29. The van der Waals surface area contributed by atoms with Crippen LogP contribution < -0.4 is 4.74 Å². The van der Waals surface area contributed by atoms with Crippen molar-refractivity contribution in [3.8, 4) is 11.4 Å². The number of benzene rings is 2. The molecule has 1 heterocycles. The predicted octanol–water partition coefficient (Wildman–Crippen LogP) is 4.23. The lowest BCUT2D eigenvalue weighted by Gasteiger charge is -2.05. The Balaban J connectivity index is 1.74. The van der Waals surface area contributed by atoms with Crippen molar-refractivity contribution >= 4 is 35.0 Å². The SMILES string of the molecule is COc1cn(-c2ccccc2)nc1C(=O)OCC(=O)c1ccc(Cl)cc1Cl. The van der Waals surface area contributed by atoms with Crippen LogP contribution in [0, 0.1) is 0 Å². The van der Waals surface area contributed by atoms with Crippen LogP contribution in [0.15, 0.2) is 54.7 Å². The zero-order valence-corrected chi connectivity index (χ0v) is 15.7. The number of carbonyl (C=O) groups is 2. The van der Waals surface area contributed by atoms with Crippen molar-refractivity contribution in [2.45, 2.75) is 0 Å². The lowest BCUT2D eigenvalue weighted by atomic mass is 10.1. The molecule has 0 fully saturated rings. The van der Waals surface area contributed by atoms with Gasteiger partial charge < -0.3 is 9.47 Å². The number of halogens is 2. The molecule has 6 nitrogen and oxygen atoms in total. The average molecular weight is 405 g/mol. The number of para-hydroxylation sites is 1. The molecule has 0 aliphatic heterocycles. The maximum absolute atomic E-state index is 12.4. The summed E-state index contributed by atoms with van der Waals surface area (Å²) in [5, 5.41) is 4.79. The van der Waals surface area contributed by atoms with E-state index in [-0.39, 0.29) is 22.0 Å². The lowest BCUT2D eigenvalue weighted by molar-refractivity contribution is 0.0465. The van der Waals surface area contributed by atoms with Gasteiger partial charge in [0.1, 0.15) is 0 Å². The van der Waals surface area contributed by atoms with Crippen molar-refractivity contribution in [1.82, 2.24) is 9.78 Å². The molecule has 3 rings (SSSR count). The van der Waals surface area contributed by atoms with E-state index in [4.69, 9.17) is 32.7 Å². The van der Waals surface area contributed by atoms with E-state index in [0.717, 1.165) is 5.69 Å². The summed E-state index contributed by atoms with van der Waals surface area (Å²) in [5.74, 6) is -0.993. The first-order valence-corrected chi connectivity index (χ1v) is 8.59. The predicted molar refractivity (Wildman–Crippen MR) is 101 cm³/mol. The molecule has 0 bridgehead atoms. The Bertz CT molecular complexity index is 987. The van der Waals surface area contributed by atoms with Gasteiger partial charge in [0, 0.05) is 10.6 Å². The molecule has 0 N–H and O–H groups in total. The number of Topliss-reactive ketones (excluding diaryl/α,β-unsaturated/α-hetero) is 1. The van der Waals surface area contributed by atoms with Crippen LogP contribution in [0.3, 0.4) is 0 Å². The topological polar surface area (TPSA) is 70.4 Å². The fraction of sp³-hybridized carbons (Fsp3) is 0.105. The third kappa shape index (κ3) is 4.30. The van der Waals surface area contributed by atoms with Gasteiger partial charge in [0.2, 0.25) is 11.5 Å². The summed E-state index contributed by atoms with van der Waals surface area (Å²) < 4.78 is 11.8. The number of ketones is 1. The number of ether oxygens (including phenoxy) is 2. The monoisotopic (exact) mass is 404 g/mol. The van der Waals surface area contributed by atoms with Gasteiger partial charge in [-0.1, -0.05) is 41.4 Å². The molecule has 0 amide bonds. The second kappa shape index (κ2) is 8.24. The number of hydrogen-bond donors (Lipinski definition) is 0. The van der Waals surface area contributed by atoms with E-state index in [2.05, 4.69) is 5.10 Å². The van der Waals surface area contributed by atoms with Gasteiger partial charge in [0.25, 0.3) is 0 Å². The minimum atomic E-state index is -0.778. The Morgan fingerprint density at radius 1 is 1.11 bits per heavy atom. The van der Waals surface area contributed by atoms with Gasteiger partial charge in [-0.25, -0.2) is 9.48 Å². The number of methoxy groups -OCH3 is 1. The maximum atomic E-state index is 12.4. The molecule has 0 aliphatic rings. The molecule has 0 radical (unpaired) electrons. The van der Waals surface area contributed by atoms with Gasteiger partial charge in [0.05, 0.1) is 24.0 Å². The fourth-order valence-electron chi connectivity index (χ4n) is 2.35. The van der Waals surface area contributed by atoms with E-state index in [9.17, 15) is 9.59 Å². The molecule has 3 aromatic rings. The zero-order chi connectivity index (χ0) is 19.4. The molecule has 1 aromatic heterocycles. The molecule has 0 atom stereocenters. The van der Waals surface area contributed by atoms with Gasteiger partial charge in [0.15, 0.2) is 12.4 Å². The Morgan fingerprint density at radius 3 is 2.52 bits per heavy atom. The maximum Gasteiger partial charge on any atom is 0.363 e. The molecular weight excluding hydrogens is 391 g/mol. The Morgan fingerprint density at radius 2 is 1.85 bits per heavy atom. The third-order valence-corrected chi connectivity index (χ3v) is 4.23. The largest absolute Gasteiger partial charge is 0.493 e. The van der Waals surface area contributed by atoms with Crippen LogP contribution >= 0.6 is 23.2 Å². The van der Waals surface area contributed by atoms with Crippen LogP contribution in [-0.4, -0.2) is 35.2 Å². The molecule has 0 aliphatic carbocycles. The molecule has 0 unspecified atom stereocenters. The molecular formula is C19H14Cl2N2O4. The average Bonchev–Trinajstić information content (AvgIpc) is 3.11. The molecule has 27 heavy (non-hydrogen) atoms. The molecule has 0 spiro atoms. The normalized spacial score (nSPS) is 10.5. The molecule has 2 aromatic carbocycles. The lowest BCUT2D eigenvalue weighted by Crippen LogP contribution is -2.15. The van der Waals surface area contributed by atoms with Crippen LogP contribution in [0.4, 0.5) is 0 Å². The number of aromatic nitrogens is 2. The van der Waals surface area contributed by atoms with Gasteiger partial charge in [-0.15, -0.1) is 0 Å². The first kappa shape index (κ1) is 18.9. The minimum absolute atomic E-state index is 0.0312. The number of hydrogen-bond acceptors (Lipinski definition) is 5. The van der Waals surface area contributed by atoms with Crippen molar-refractivity contribution in [3.05, 3.63) is 76.0 Å². The van der Waals surface area contributed by atoms with Crippen LogP contribution in [-0.2, 0) is 4.74 Å². The van der Waals surface area contributed by atoms with Crippen molar-refractivity contribution in [2.75, 3.05) is 13.7 Å².